The predicted molar refractivity (Wildman–Crippen MR) is 115 cm³/mol. The number of amides is 1. The summed E-state index contributed by atoms with van der Waals surface area (Å²) in [6, 6.07) is 12.8. The summed E-state index contributed by atoms with van der Waals surface area (Å²) in [7, 11) is 1.54. The Balaban J connectivity index is 2.11. The van der Waals surface area contributed by atoms with Gasteiger partial charge in [-0.1, -0.05) is 35.9 Å². The van der Waals surface area contributed by atoms with Gasteiger partial charge in [0, 0.05) is 17.1 Å². The van der Waals surface area contributed by atoms with Crippen LogP contribution in [0, 0.1) is 0 Å². The molecule has 2 aromatic carbocycles. The first-order chi connectivity index (χ1) is 14.3. The third kappa shape index (κ3) is 4.50. The first-order valence-corrected chi connectivity index (χ1v) is 10.0. The second-order valence-electron chi connectivity index (χ2n) is 7.20. The number of Topliss-reactive ketones (excluding diaryl/α,β-unsaturated/α-hetero) is 1. The number of aliphatic hydroxyl groups excluding tert-OH is 1. The molecule has 1 atom stereocenters. The van der Waals surface area contributed by atoms with Crippen LogP contribution in [0.3, 0.4) is 0 Å². The smallest absolute Gasteiger partial charge is 0.295 e. The molecule has 3 rings (SSSR count). The highest BCUT2D eigenvalue weighted by Crippen LogP contribution is 2.40. The first kappa shape index (κ1) is 21.9. The van der Waals surface area contributed by atoms with E-state index in [1.54, 1.807) is 55.6 Å². The van der Waals surface area contributed by atoms with Crippen molar-refractivity contribution in [2.24, 2.45) is 0 Å². The van der Waals surface area contributed by atoms with Gasteiger partial charge in [-0.2, -0.15) is 0 Å². The van der Waals surface area contributed by atoms with Crippen LogP contribution in [0.4, 0.5) is 0 Å². The highest BCUT2D eigenvalue weighted by molar-refractivity contribution is 6.46. The van der Waals surface area contributed by atoms with Crippen molar-refractivity contribution in [3.63, 3.8) is 0 Å². The van der Waals surface area contributed by atoms with Gasteiger partial charge in [0.15, 0.2) is 0 Å². The Hall–Kier alpha value is -2.83. The molecule has 1 heterocycles. The number of halogens is 1. The zero-order valence-electron chi connectivity index (χ0n) is 17.1. The third-order valence-corrected chi connectivity index (χ3v) is 5.07. The normalized spacial score (nSPS) is 18.3. The van der Waals surface area contributed by atoms with Gasteiger partial charge in [-0.3, -0.25) is 9.59 Å². The zero-order valence-corrected chi connectivity index (χ0v) is 17.8. The molecule has 1 aliphatic rings. The van der Waals surface area contributed by atoms with Crippen LogP contribution in [0.15, 0.2) is 54.1 Å². The maximum absolute atomic E-state index is 12.9. The summed E-state index contributed by atoms with van der Waals surface area (Å²) in [4.78, 5) is 27.2. The number of carbonyl (C=O) groups excluding carboxylic acids is 2. The van der Waals surface area contributed by atoms with Crippen LogP contribution in [0.2, 0.25) is 5.02 Å². The number of benzene rings is 2. The molecular weight excluding hydrogens is 406 g/mol. The Morgan fingerprint density at radius 3 is 2.57 bits per heavy atom. The van der Waals surface area contributed by atoms with E-state index in [2.05, 4.69) is 0 Å². The average molecular weight is 430 g/mol. The van der Waals surface area contributed by atoms with E-state index < -0.39 is 17.7 Å². The molecule has 1 unspecified atom stereocenters. The van der Waals surface area contributed by atoms with E-state index in [0.717, 1.165) is 0 Å². The van der Waals surface area contributed by atoms with E-state index in [4.69, 9.17) is 21.1 Å². The second-order valence-corrected chi connectivity index (χ2v) is 7.64. The van der Waals surface area contributed by atoms with Gasteiger partial charge in [0.2, 0.25) is 0 Å². The molecule has 158 valence electrons. The largest absolute Gasteiger partial charge is 0.507 e. The van der Waals surface area contributed by atoms with Gasteiger partial charge < -0.3 is 19.5 Å². The van der Waals surface area contributed by atoms with Crippen molar-refractivity contribution in [2.75, 3.05) is 20.3 Å². The Kier molecular flexibility index (Phi) is 6.80. The van der Waals surface area contributed by atoms with Crippen LogP contribution >= 0.6 is 11.6 Å². The Morgan fingerprint density at radius 2 is 1.90 bits per heavy atom. The lowest BCUT2D eigenvalue weighted by molar-refractivity contribution is -0.140. The summed E-state index contributed by atoms with van der Waals surface area (Å²) in [5, 5.41) is 11.4. The molecule has 0 saturated carbocycles. The second kappa shape index (κ2) is 9.32. The molecule has 7 heteroatoms. The minimum atomic E-state index is -0.769. The number of hydrogen-bond donors (Lipinski definition) is 1. The van der Waals surface area contributed by atoms with Crippen LogP contribution < -0.4 is 4.74 Å². The molecule has 1 fully saturated rings. The summed E-state index contributed by atoms with van der Waals surface area (Å²) in [6.45, 7) is 4.26. The van der Waals surface area contributed by atoms with Gasteiger partial charge in [0.25, 0.3) is 11.7 Å². The molecule has 6 nitrogen and oxygen atoms in total. The summed E-state index contributed by atoms with van der Waals surface area (Å²) in [6.07, 6.45) is -0.0106. The standard InChI is InChI=1S/C23H24ClNO5/c1-14(2)30-11-10-25-20(15-6-5-9-18(13-15)29-3)19(22(27)23(25)28)21(26)16-7-4-8-17(24)12-16/h4-9,12-14,20,26H,10-11H2,1-3H3/b21-19-. The van der Waals surface area contributed by atoms with Crippen LogP contribution in [-0.4, -0.2) is 48.1 Å². The number of rotatable bonds is 7. The van der Waals surface area contributed by atoms with E-state index in [1.165, 1.54) is 4.90 Å². The molecule has 1 saturated heterocycles. The Labute approximate surface area is 180 Å². The van der Waals surface area contributed by atoms with Gasteiger partial charge in [-0.25, -0.2) is 0 Å². The SMILES string of the molecule is COc1cccc(C2/C(=C(/O)c3cccc(Cl)c3)C(=O)C(=O)N2CCOC(C)C)c1. The lowest BCUT2D eigenvalue weighted by atomic mass is 9.95. The summed E-state index contributed by atoms with van der Waals surface area (Å²) < 4.78 is 10.9. The Morgan fingerprint density at radius 1 is 1.17 bits per heavy atom. The quantitative estimate of drug-likeness (QED) is 0.405. The predicted octanol–water partition coefficient (Wildman–Crippen LogP) is 4.20. The summed E-state index contributed by atoms with van der Waals surface area (Å²) in [5.41, 5.74) is 1.04. The lowest BCUT2D eigenvalue weighted by Gasteiger charge is -2.26. The topological polar surface area (TPSA) is 76.1 Å². The van der Waals surface area contributed by atoms with Crippen molar-refractivity contribution in [1.29, 1.82) is 0 Å². The van der Waals surface area contributed by atoms with Gasteiger partial charge in [0.05, 0.1) is 31.4 Å². The zero-order chi connectivity index (χ0) is 21.8. The molecule has 0 radical (unpaired) electrons. The molecule has 1 aliphatic heterocycles. The maximum Gasteiger partial charge on any atom is 0.295 e. The number of ketones is 1. The first-order valence-electron chi connectivity index (χ1n) is 9.63. The van der Waals surface area contributed by atoms with Crippen molar-refractivity contribution in [3.8, 4) is 5.75 Å². The van der Waals surface area contributed by atoms with Crippen molar-refractivity contribution >= 4 is 29.1 Å². The van der Waals surface area contributed by atoms with E-state index in [-0.39, 0.29) is 30.6 Å². The minimum absolute atomic E-state index is 0.0106. The van der Waals surface area contributed by atoms with E-state index in [0.29, 0.717) is 21.9 Å². The van der Waals surface area contributed by atoms with Gasteiger partial charge >= 0.3 is 0 Å². The fraction of sp³-hybridized carbons (Fsp3) is 0.304. The fourth-order valence-electron chi connectivity index (χ4n) is 3.45. The van der Waals surface area contributed by atoms with Crippen LogP contribution in [0.25, 0.3) is 5.76 Å². The molecule has 0 spiro atoms. The molecule has 0 aromatic heterocycles. The van der Waals surface area contributed by atoms with E-state index >= 15 is 0 Å². The highest BCUT2D eigenvalue weighted by Gasteiger charge is 2.46. The van der Waals surface area contributed by atoms with E-state index in [1.807, 2.05) is 13.8 Å². The van der Waals surface area contributed by atoms with Gasteiger partial charge in [-0.05, 0) is 43.7 Å². The molecule has 1 N–H and O–H groups in total. The third-order valence-electron chi connectivity index (χ3n) is 4.83. The van der Waals surface area contributed by atoms with Crippen molar-refractivity contribution in [1.82, 2.24) is 4.90 Å². The van der Waals surface area contributed by atoms with Crippen molar-refractivity contribution in [3.05, 3.63) is 70.3 Å². The monoisotopic (exact) mass is 429 g/mol. The number of ether oxygens (including phenoxy) is 2. The molecule has 1 amide bonds. The molecule has 0 aliphatic carbocycles. The fourth-order valence-corrected chi connectivity index (χ4v) is 3.64. The van der Waals surface area contributed by atoms with Crippen LogP contribution in [-0.2, 0) is 14.3 Å². The highest BCUT2D eigenvalue weighted by atomic mass is 35.5. The number of carbonyl (C=O) groups is 2. The average Bonchev–Trinajstić information content (AvgIpc) is 2.98. The summed E-state index contributed by atoms with van der Waals surface area (Å²) in [5.74, 6) is -1.11. The van der Waals surface area contributed by atoms with E-state index in [9.17, 15) is 14.7 Å². The van der Waals surface area contributed by atoms with Crippen molar-refractivity contribution < 1.29 is 24.2 Å². The maximum atomic E-state index is 12.9. The number of nitrogens with zero attached hydrogens (tertiary/aromatic N) is 1. The van der Waals surface area contributed by atoms with Gasteiger partial charge in [-0.15, -0.1) is 0 Å². The van der Waals surface area contributed by atoms with Crippen LogP contribution in [0.1, 0.15) is 31.0 Å². The molecule has 2 aromatic rings. The molecule has 30 heavy (non-hydrogen) atoms. The lowest BCUT2D eigenvalue weighted by Crippen LogP contribution is -2.33. The number of methoxy groups -OCH3 is 1. The summed E-state index contributed by atoms with van der Waals surface area (Å²) >= 11 is 6.05. The number of likely N-dealkylation sites (tertiary alicyclic amines) is 1. The molecule has 0 bridgehead atoms. The Bertz CT molecular complexity index is 985. The number of aliphatic hydroxyl groups is 1. The number of hydrogen-bond acceptors (Lipinski definition) is 5. The minimum Gasteiger partial charge on any atom is -0.507 e. The van der Waals surface area contributed by atoms with Gasteiger partial charge in [0.1, 0.15) is 11.5 Å². The van der Waals surface area contributed by atoms with Crippen LogP contribution in [0.5, 0.6) is 5.75 Å². The molecular formula is C23H24ClNO5. The van der Waals surface area contributed by atoms with Crippen molar-refractivity contribution in [2.45, 2.75) is 26.0 Å².